The molecule has 0 radical (unpaired) electrons. The number of carbonyl (C=O) groups is 1. The third-order valence-corrected chi connectivity index (χ3v) is 2.70. The van der Waals surface area contributed by atoms with Gasteiger partial charge in [0.1, 0.15) is 5.82 Å². The Labute approximate surface area is 116 Å². The van der Waals surface area contributed by atoms with Crippen LogP contribution < -0.4 is 16.6 Å². The molecule has 0 bridgehead atoms. The van der Waals surface area contributed by atoms with Crippen LogP contribution in [0.5, 0.6) is 0 Å². The summed E-state index contributed by atoms with van der Waals surface area (Å²) in [6, 6.07) is 12.6. The van der Waals surface area contributed by atoms with Gasteiger partial charge in [-0.1, -0.05) is 18.7 Å². The van der Waals surface area contributed by atoms with Crippen LogP contribution in [0.2, 0.25) is 0 Å². The Morgan fingerprint density at radius 2 is 1.70 bits per heavy atom. The number of rotatable bonds is 4. The molecule has 0 spiro atoms. The van der Waals surface area contributed by atoms with Gasteiger partial charge in [0, 0.05) is 16.8 Å². The van der Waals surface area contributed by atoms with Gasteiger partial charge in [-0.3, -0.25) is 15.6 Å². The number of halogens is 1. The fourth-order valence-corrected chi connectivity index (χ4v) is 1.61. The third-order valence-electron chi connectivity index (χ3n) is 2.70. The lowest BCUT2D eigenvalue weighted by Crippen LogP contribution is -2.36. The minimum atomic E-state index is -0.410. The van der Waals surface area contributed by atoms with Crippen LogP contribution in [0.15, 0.2) is 55.1 Å². The molecule has 0 aliphatic carbocycles. The molecule has 4 nitrogen and oxygen atoms in total. The Bertz CT molecular complexity index is 638. The Morgan fingerprint density at radius 1 is 1.05 bits per heavy atom. The molecule has 0 saturated carbocycles. The molecule has 0 saturated heterocycles. The largest absolute Gasteiger partial charge is 0.399 e. The summed E-state index contributed by atoms with van der Waals surface area (Å²) in [5, 5.41) is 0. The third kappa shape index (κ3) is 3.14. The van der Waals surface area contributed by atoms with Gasteiger partial charge in [-0.05, 0) is 36.4 Å². The molecule has 5 heteroatoms. The fourth-order valence-electron chi connectivity index (χ4n) is 1.61. The average molecular weight is 271 g/mol. The topological polar surface area (TPSA) is 67.1 Å². The first kappa shape index (κ1) is 13.6. The number of hydrazine groups is 1. The van der Waals surface area contributed by atoms with E-state index in [1.807, 2.05) is 0 Å². The molecular weight excluding hydrogens is 257 g/mol. The van der Waals surface area contributed by atoms with E-state index >= 15 is 0 Å². The van der Waals surface area contributed by atoms with E-state index in [2.05, 4.69) is 17.4 Å². The van der Waals surface area contributed by atoms with Crippen molar-refractivity contribution in [3.63, 3.8) is 0 Å². The molecule has 0 aromatic heterocycles. The number of hydrogen-bond acceptors (Lipinski definition) is 3. The van der Waals surface area contributed by atoms with Crippen molar-refractivity contribution in [2.75, 3.05) is 5.73 Å². The lowest BCUT2D eigenvalue weighted by molar-refractivity contribution is 0.0942. The molecule has 0 aliphatic rings. The summed E-state index contributed by atoms with van der Waals surface area (Å²) in [6.07, 6.45) is 0. The molecule has 0 atom stereocenters. The molecule has 2 rings (SSSR count). The minimum Gasteiger partial charge on any atom is -0.399 e. The maximum absolute atomic E-state index is 13.5. The van der Waals surface area contributed by atoms with Crippen LogP contribution in [0.4, 0.5) is 10.1 Å². The van der Waals surface area contributed by atoms with Gasteiger partial charge in [0.15, 0.2) is 0 Å². The molecule has 4 N–H and O–H groups in total. The molecular formula is C15H14FN3O. The summed E-state index contributed by atoms with van der Waals surface area (Å²) in [6.45, 7) is 3.68. The molecule has 0 fully saturated rings. The second kappa shape index (κ2) is 5.88. The van der Waals surface area contributed by atoms with Crippen LogP contribution in [0.1, 0.15) is 15.9 Å². The van der Waals surface area contributed by atoms with Crippen LogP contribution in [-0.2, 0) is 0 Å². The number of anilines is 1. The lowest BCUT2D eigenvalue weighted by Gasteiger charge is -2.11. The highest BCUT2D eigenvalue weighted by molar-refractivity contribution is 5.94. The Morgan fingerprint density at radius 3 is 2.35 bits per heavy atom. The summed E-state index contributed by atoms with van der Waals surface area (Å²) in [4.78, 5) is 11.8. The summed E-state index contributed by atoms with van der Waals surface area (Å²) >= 11 is 0. The maximum Gasteiger partial charge on any atom is 0.269 e. The number of carbonyl (C=O) groups excluding carboxylic acids is 1. The zero-order chi connectivity index (χ0) is 14.5. The van der Waals surface area contributed by atoms with E-state index in [0.29, 0.717) is 16.8 Å². The number of benzene rings is 2. The molecule has 20 heavy (non-hydrogen) atoms. The highest BCUT2D eigenvalue weighted by atomic mass is 19.1. The molecule has 0 aliphatic heterocycles. The average Bonchev–Trinajstić information content (AvgIpc) is 2.45. The number of nitrogen functional groups attached to an aromatic ring is 1. The van der Waals surface area contributed by atoms with Gasteiger partial charge >= 0.3 is 0 Å². The normalized spacial score (nSPS) is 9.85. The minimum absolute atomic E-state index is 0.270. The number of hydrogen-bond donors (Lipinski definition) is 3. The first-order valence-electron chi connectivity index (χ1n) is 5.93. The first-order chi connectivity index (χ1) is 9.58. The summed E-state index contributed by atoms with van der Waals surface area (Å²) in [5.41, 5.74) is 12.2. The SMILES string of the molecule is C=C(NNC(=O)c1ccc(N)cc1)c1ccccc1F. The zero-order valence-corrected chi connectivity index (χ0v) is 10.7. The molecule has 1 amide bonds. The van der Waals surface area contributed by atoms with Crippen molar-refractivity contribution in [1.82, 2.24) is 10.9 Å². The smallest absolute Gasteiger partial charge is 0.269 e. The monoisotopic (exact) mass is 271 g/mol. The van der Waals surface area contributed by atoms with E-state index in [1.165, 1.54) is 6.07 Å². The number of nitrogens with two attached hydrogens (primary N) is 1. The van der Waals surface area contributed by atoms with Crippen LogP contribution in [-0.4, -0.2) is 5.91 Å². The second-order valence-corrected chi connectivity index (χ2v) is 4.16. The molecule has 2 aromatic carbocycles. The Kier molecular flexibility index (Phi) is 4.00. The van der Waals surface area contributed by atoms with E-state index in [9.17, 15) is 9.18 Å². The fraction of sp³-hybridized carbons (Fsp3) is 0. The molecule has 0 unspecified atom stereocenters. The van der Waals surface area contributed by atoms with Gasteiger partial charge in [0.25, 0.3) is 5.91 Å². The van der Waals surface area contributed by atoms with Crippen molar-refractivity contribution < 1.29 is 9.18 Å². The van der Waals surface area contributed by atoms with E-state index in [1.54, 1.807) is 42.5 Å². The number of nitrogens with one attached hydrogen (secondary N) is 2. The Balaban J connectivity index is 1.99. The van der Waals surface area contributed by atoms with Crippen molar-refractivity contribution in [1.29, 1.82) is 0 Å². The van der Waals surface area contributed by atoms with Crippen LogP contribution in [0, 0.1) is 5.82 Å². The summed E-state index contributed by atoms with van der Waals surface area (Å²) in [7, 11) is 0. The van der Waals surface area contributed by atoms with Gasteiger partial charge in [-0.15, -0.1) is 0 Å². The highest BCUT2D eigenvalue weighted by Gasteiger charge is 2.07. The predicted octanol–water partition coefficient (Wildman–Crippen LogP) is 2.31. The van der Waals surface area contributed by atoms with Gasteiger partial charge < -0.3 is 5.73 Å². The molecule has 102 valence electrons. The lowest BCUT2D eigenvalue weighted by atomic mass is 10.1. The van der Waals surface area contributed by atoms with E-state index < -0.39 is 5.82 Å². The van der Waals surface area contributed by atoms with Crippen molar-refractivity contribution in [3.05, 3.63) is 72.1 Å². The van der Waals surface area contributed by atoms with Crippen LogP contribution in [0.3, 0.4) is 0 Å². The Hall–Kier alpha value is -2.82. The summed E-state index contributed by atoms with van der Waals surface area (Å²) in [5.74, 6) is -0.769. The van der Waals surface area contributed by atoms with Gasteiger partial charge in [-0.25, -0.2) is 4.39 Å². The van der Waals surface area contributed by atoms with Gasteiger partial charge in [-0.2, -0.15) is 0 Å². The molecule has 2 aromatic rings. The zero-order valence-electron chi connectivity index (χ0n) is 10.7. The van der Waals surface area contributed by atoms with E-state index in [-0.39, 0.29) is 11.6 Å². The van der Waals surface area contributed by atoms with E-state index in [0.717, 1.165) is 0 Å². The first-order valence-corrected chi connectivity index (χ1v) is 5.93. The van der Waals surface area contributed by atoms with Crippen molar-refractivity contribution in [3.8, 4) is 0 Å². The van der Waals surface area contributed by atoms with E-state index in [4.69, 9.17) is 5.73 Å². The van der Waals surface area contributed by atoms with Crippen molar-refractivity contribution in [2.24, 2.45) is 0 Å². The quantitative estimate of drug-likeness (QED) is 0.590. The van der Waals surface area contributed by atoms with Crippen LogP contribution >= 0.6 is 0 Å². The maximum atomic E-state index is 13.5. The van der Waals surface area contributed by atoms with Crippen LogP contribution in [0.25, 0.3) is 5.70 Å². The van der Waals surface area contributed by atoms with Crippen molar-refractivity contribution >= 4 is 17.3 Å². The highest BCUT2D eigenvalue weighted by Crippen LogP contribution is 2.13. The second-order valence-electron chi connectivity index (χ2n) is 4.16. The predicted molar refractivity (Wildman–Crippen MR) is 76.9 cm³/mol. The summed E-state index contributed by atoms with van der Waals surface area (Å²) < 4.78 is 13.5. The van der Waals surface area contributed by atoms with Gasteiger partial charge in [0.05, 0.1) is 5.70 Å². The van der Waals surface area contributed by atoms with Gasteiger partial charge in [0.2, 0.25) is 0 Å². The standard InChI is InChI=1S/C15H14FN3O/c1-10(13-4-2-3-5-14(13)16)18-19-15(20)11-6-8-12(17)9-7-11/h2-9,18H,1,17H2,(H,19,20). The molecule has 0 heterocycles. The number of amides is 1. The van der Waals surface area contributed by atoms with Crippen molar-refractivity contribution in [2.45, 2.75) is 0 Å².